The summed E-state index contributed by atoms with van der Waals surface area (Å²) in [6.07, 6.45) is 2.82. The molecule has 5 nitrogen and oxygen atoms in total. The zero-order valence-electron chi connectivity index (χ0n) is 14.6. The van der Waals surface area contributed by atoms with Crippen molar-refractivity contribution in [2.45, 2.75) is 31.5 Å². The molecule has 0 saturated carbocycles. The molecule has 0 amide bonds. The van der Waals surface area contributed by atoms with Crippen LogP contribution in [0.25, 0.3) is 0 Å². The van der Waals surface area contributed by atoms with Crippen molar-refractivity contribution < 1.29 is 9.84 Å². The van der Waals surface area contributed by atoms with Gasteiger partial charge >= 0.3 is 0 Å². The summed E-state index contributed by atoms with van der Waals surface area (Å²) in [7, 11) is 1.54. The van der Waals surface area contributed by atoms with Gasteiger partial charge in [0.25, 0.3) is 0 Å². The third kappa shape index (κ3) is 2.81. The molecule has 0 aliphatic carbocycles. The number of ether oxygens (including phenoxy) is 1. The van der Waals surface area contributed by atoms with Crippen molar-refractivity contribution in [2.75, 3.05) is 12.9 Å². The lowest BCUT2D eigenvalue weighted by Crippen LogP contribution is -2.35. The van der Waals surface area contributed by atoms with Gasteiger partial charge in [-0.2, -0.15) is 0 Å². The number of benzene rings is 1. The molecule has 3 atom stereocenters. The van der Waals surface area contributed by atoms with Crippen LogP contribution in [0.15, 0.2) is 41.5 Å². The summed E-state index contributed by atoms with van der Waals surface area (Å²) in [6, 6.07) is 9.45. The quantitative estimate of drug-likeness (QED) is 0.838. The van der Waals surface area contributed by atoms with Crippen molar-refractivity contribution in [3.8, 4) is 11.5 Å². The Hall–Kier alpha value is -1.92. The molecule has 4 rings (SSSR count). The van der Waals surface area contributed by atoms with Gasteiger partial charge in [-0.3, -0.25) is 9.98 Å². The summed E-state index contributed by atoms with van der Waals surface area (Å²) in [5, 5.41) is 11.6. The number of amidine groups is 1. The summed E-state index contributed by atoms with van der Waals surface area (Å²) in [4.78, 5) is 11.9. The Balaban J connectivity index is 1.85. The first-order valence-electron chi connectivity index (χ1n) is 8.60. The van der Waals surface area contributed by atoms with Crippen molar-refractivity contribution in [2.24, 2.45) is 4.99 Å². The Morgan fingerprint density at radius 2 is 2.23 bits per heavy atom. The number of aromatic hydroxyl groups is 1. The van der Waals surface area contributed by atoms with Gasteiger partial charge in [-0.25, -0.2) is 0 Å². The highest BCUT2D eigenvalue weighted by Gasteiger charge is 2.46. The predicted octanol–water partition coefficient (Wildman–Crippen LogP) is 4.43. The SMILES string of the molecule is CC[C@@H]1CSC2=N[C@H](c3ccccn3)[C@@H](c3cc(OC)c(O)cc3Cl)N21. The third-order valence-electron chi connectivity index (χ3n) is 4.95. The summed E-state index contributed by atoms with van der Waals surface area (Å²) < 4.78 is 5.32. The minimum absolute atomic E-state index is 0.0395. The summed E-state index contributed by atoms with van der Waals surface area (Å²) in [6.45, 7) is 2.19. The van der Waals surface area contributed by atoms with Gasteiger partial charge in [-0.1, -0.05) is 36.4 Å². The Morgan fingerprint density at radius 1 is 1.38 bits per heavy atom. The van der Waals surface area contributed by atoms with Crippen molar-refractivity contribution in [1.29, 1.82) is 0 Å². The predicted molar refractivity (Wildman–Crippen MR) is 105 cm³/mol. The van der Waals surface area contributed by atoms with E-state index in [1.165, 1.54) is 0 Å². The lowest BCUT2D eigenvalue weighted by atomic mass is 9.94. The highest BCUT2D eigenvalue weighted by atomic mass is 35.5. The maximum atomic E-state index is 10.1. The van der Waals surface area contributed by atoms with E-state index in [1.807, 2.05) is 24.3 Å². The number of halogens is 1. The van der Waals surface area contributed by atoms with Crippen molar-refractivity contribution >= 4 is 28.5 Å². The van der Waals surface area contributed by atoms with Crippen molar-refractivity contribution in [1.82, 2.24) is 9.88 Å². The average molecular weight is 390 g/mol. The molecule has 1 aromatic carbocycles. The number of aromatic nitrogens is 1. The first-order valence-corrected chi connectivity index (χ1v) is 9.96. The molecule has 1 N–H and O–H groups in total. The Labute approximate surface area is 162 Å². The van der Waals surface area contributed by atoms with Crippen LogP contribution >= 0.6 is 23.4 Å². The standard InChI is InChI=1S/C19H20ClN3O2S/c1-3-11-10-26-19-22-17(14-6-4-5-7-21-14)18(23(11)19)12-8-16(25-2)15(24)9-13(12)20/h4-9,11,17-18,24H,3,10H2,1-2H3/t11-,17-,18-/m1/s1. The summed E-state index contributed by atoms with van der Waals surface area (Å²) in [5.74, 6) is 1.48. The van der Waals surface area contributed by atoms with E-state index in [-0.39, 0.29) is 17.8 Å². The van der Waals surface area contributed by atoms with Crippen LogP contribution in [0.4, 0.5) is 0 Å². The van der Waals surface area contributed by atoms with E-state index < -0.39 is 0 Å². The van der Waals surface area contributed by atoms with Gasteiger partial charge < -0.3 is 14.7 Å². The van der Waals surface area contributed by atoms with E-state index in [2.05, 4.69) is 16.8 Å². The number of hydrogen-bond acceptors (Lipinski definition) is 6. The molecule has 0 unspecified atom stereocenters. The molecule has 1 aromatic heterocycles. The number of pyridine rings is 1. The number of aliphatic imine (C=N–C) groups is 1. The summed E-state index contributed by atoms with van der Waals surface area (Å²) in [5.41, 5.74) is 1.81. The minimum Gasteiger partial charge on any atom is -0.504 e. The fraction of sp³-hybridized carbons (Fsp3) is 0.368. The highest BCUT2D eigenvalue weighted by Crippen LogP contribution is 2.51. The molecule has 7 heteroatoms. The van der Waals surface area contributed by atoms with E-state index in [0.29, 0.717) is 16.8 Å². The van der Waals surface area contributed by atoms with E-state index in [4.69, 9.17) is 21.3 Å². The molecule has 3 heterocycles. The Morgan fingerprint density at radius 3 is 2.92 bits per heavy atom. The van der Waals surface area contributed by atoms with E-state index in [1.54, 1.807) is 31.1 Å². The molecule has 0 spiro atoms. The van der Waals surface area contributed by atoms with Gasteiger partial charge in [0, 0.05) is 29.1 Å². The monoisotopic (exact) mass is 389 g/mol. The maximum absolute atomic E-state index is 10.1. The lowest BCUT2D eigenvalue weighted by molar-refractivity contribution is 0.254. The van der Waals surface area contributed by atoms with Gasteiger partial charge in [0.05, 0.1) is 18.8 Å². The van der Waals surface area contributed by atoms with Crippen LogP contribution in [-0.2, 0) is 0 Å². The van der Waals surface area contributed by atoms with Gasteiger partial charge in [-0.05, 0) is 30.2 Å². The number of thioether (sulfide) groups is 1. The van der Waals surface area contributed by atoms with Gasteiger partial charge in [0.15, 0.2) is 16.7 Å². The lowest BCUT2D eigenvalue weighted by Gasteiger charge is -2.32. The van der Waals surface area contributed by atoms with Gasteiger partial charge in [0.2, 0.25) is 0 Å². The van der Waals surface area contributed by atoms with Crippen LogP contribution in [-0.4, -0.2) is 39.1 Å². The number of hydrogen-bond donors (Lipinski definition) is 1. The number of nitrogens with zero attached hydrogens (tertiary/aromatic N) is 3. The second-order valence-electron chi connectivity index (χ2n) is 6.38. The molecule has 2 aliphatic rings. The molecular formula is C19H20ClN3O2S. The molecule has 1 fully saturated rings. The molecule has 0 bridgehead atoms. The first kappa shape index (κ1) is 17.5. The van der Waals surface area contributed by atoms with Crippen molar-refractivity contribution in [3.05, 3.63) is 52.8 Å². The zero-order chi connectivity index (χ0) is 18.3. The molecule has 26 heavy (non-hydrogen) atoms. The number of fused-ring (bicyclic) bond motifs is 1. The number of phenols is 1. The number of rotatable bonds is 4. The minimum atomic E-state index is -0.139. The maximum Gasteiger partial charge on any atom is 0.160 e. The third-order valence-corrected chi connectivity index (χ3v) is 6.40. The van der Waals surface area contributed by atoms with Gasteiger partial charge in [0.1, 0.15) is 6.04 Å². The zero-order valence-corrected chi connectivity index (χ0v) is 16.2. The van der Waals surface area contributed by atoms with Crippen LogP contribution in [0.5, 0.6) is 11.5 Å². The van der Waals surface area contributed by atoms with Gasteiger partial charge in [-0.15, -0.1) is 0 Å². The largest absolute Gasteiger partial charge is 0.504 e. The number of methoxy groups -OCH3 is 1. The van der Waals surface area contributed by atoms with E-state index in [9.17, 15) is 5.11 Å². The first-order chi connectivity index (χ1) is 12.6. The molecule has 2 aromatic rings. The fourth-order valence-electron chi connectivity index (χ4n) is 3.64. The van der Waals surface area contributed by atoms with Crippen LogP contribution in [0, 0.1) is 0 Å². The Kier molecular flexibility index (Phi) is 4.71. The van der Waals surface area contributed by atoms with Crippen LogP contribution in [0.2, 0.25) is 5.02 Å². The van der Waals surface area contributed by atoms with Crippen LogP contribution < -0.4 is 4.74 Å². The topological polar surface area (TPSA) is 58.0 Å². The molecule has 2 aliphatic heterocycles. The number of phenolic OH excluding ortho intramolecular Hbond substituents is 1. The van der Waals surface area contributed by atoms with Crippen LogP contribution in [0.3, 0.4) is 0 Å². The van der Waals surface area contributed by atoms with Crippen LogP contribution in [0.1, 0.15) is 36.7 Å². The smallest absolute Gasteiger partial charge is 0.160 e. The summed E-state index contributed by atoms with van der Waals surface area (Å²) >= 11 is 8.34. The molecule has 1 saturated heterocycles. The molecule has 0 radical (unpaired) electrons. The highest BCUT2D eigenvalue weighted by molar-refractivity contribution is 8.14. The van der Waals surface area contributed by atoms with E-state index >= 15 is 0 Å². The van der Waals surface area contributed by atoms with E-state index in [0.717, 1.165) is 28.6 Å². The average Bonchev–Trinajstić information content (AvgIpc) is 3.22. The normalized spacial score (nSPS) is 24.5. The second-order valence-corrected chi connectivity index (χ2v) is 7.78. The fourth-order valence-corrected chi connectivity index (χ4v) is 5.24. The molecule has 136 valence electrons. The second kappa shape index (κ2) is 7.00. The van der Waals surface area contributed by atoms with Crippen molar-refractivity contribution in [3.63, 3.8) is 0 Å². The Bertz CT molecular complexity index is 846. The molecular weight excluding hydrogens is 370 g/mol.